The average molecular weight is 316 g/mol. The first-order chi connectivity index (χ1) is 10.8. The van der Waals surface area contributed by atoms with Crippen molar-refractivity contribution < 1.29 is 4.42 Å². The van der Waals surface area contributed by atoms with Gasteiger partial charge >= 0.3 is 0 Å². The lowest BCUT2D eigenvalue weighted by Crippen LogP contribution is -2.32. The van der Waals surface area contributed by atoms with Gasteiger partial charge in [-0.2, -0.15) is 0 Å². The molecule has 0 atom stereocenters. The lowest BCUT2D eigenvalue weighted by molar-refractivity contribution is 0.214. The zero-order valence-electron chi connectivity index (χ0n) is 14.5. The second kappa shape index (κ2) is 5.88. The van der Waals surface area contributed by atoms with Gasteiger partial charge in [-0.05, 0) is 0 Å². The van der Waals surface area contributed by atoms with Gasteiger partial charge in [-0.1, -0.05) is 20.8 Å². The highest BCUT2D eigenvalue weighted by molar-refractivity contribution is 5.48. The van der Waals surface area contributed by atoms with Crippen LogP contribution < -0.4 is 4.90 Å². The fourth-order valence-corrected chi connectivity index (χ4v) is 2.71. The van der Waals surface area contributed by atoms with Crippen LogP contribution in [0.2, 0.25) is 0 Å². The molecular formula is C16H24N6O. The minimum Gasteiger partial charge on any atom is -0.423 e. The fraction of sp³-hybridized carbons (Fsp3) is 0.625. The van der Waals surface area contributed by atoms with Crippen LogP contribution in [0.1, 0.15) is 43.8 Å². The molecule has 3 rings (SSSR count). The fourth-order valence-electron chi connectivity index (χ4n) is 2.71. The van der Waals surface area contributed by atoms with Gasteiger partial charge in [-0.25, -0.2) is 9.97 Å². The molecule has 0 amide bonds. The lowest BCUT2D eigenvalue weighted by atomic mass is 9.97. The van der Waals surface area contributed by atoms with E-state index in [2.05, 4.69) is 45.8 Å². The van der Waals surface area contributed by atoms with Crippen LogP contribution in [0.15, 0.2) is 10.7 Å². The molecule has 0 radical (unpaired) electrons. The van der Waals surface area contributed by atoms with Crippen molar-refractivity contribution in [3.63, 3.8) is 0 Å². The molecule has 1 aliphatic heterocycles. The summed E-state index contributed by atoms with van der Waals surface area (Å²) in [5, 5.41) is 8.36. The van der Waals surface area contributed by atoms with Gasteiger partial charge in [0.05, 0.1) is 12.2 Å². The minimum atomic E-state index is -0.119. The van der Waals surface area contributed by atoms with Gasteiger partial charge in [0.25, 0.3) is 0 Å². The number of hydrogen-bond acceptors (Lipinski definition) is 7. The van der Waals surface area contributed by atoms with E-state index >= 15 is 0 Å². The predicted octanol–water partition coefficient (Wildman–Crippen LogP) is 1.78. The van der Waals surface area contributed by atoms with Gasteiger partial charge < -0.3 is 9.32 Å². The highest BCUT2D eigenvalue weighted by Gasteiger charge is 2.25. The number of anilines is 1. The largest absolute Gasteiger partial charge is 0.423 e. The van der Waals surface area contributed by atoms with Gasteiger partial charge in [-0.15, -0.1) is 10.2 Å². The molecule has 2 aromatic rings. The molecule has 1 aliphatic rings. The van der Waals surface area contributed by atoms with Crippen molar-refractivity contribution in [2.75, 3.05) is 25.5 Å². The molecule has 0 bridgehead atoms. The maximum Gasteiger partial charge on any atom is 0.230 e. The Labute approximate surface area is 136 Å². The summed E-state index contributed by atoms with van der Waals surface area (Å²) in [6.45, 7) is 8.61. The molecule has 0 saturated heterocycles. The van der Waals surface area contributed by atoms with Crippen LogP contribution in [0.3, 0.4) is 0 Å². The number of hydrogen-bond donors (Lipinski definition) is 0. The van der Waals surface area contributed by atoms with E-state index < -0.39 is 0 Å². The smallest absolute Gasteiger partial charge is 0.230 e. The average Bonchev–Trinajstić information content (AvgIpc) is 2.95. The molecular weight excluding hydrogens is 292 g/mol. The van der Waals surface area contributed by atoms with E-state index in [1.807, 2.05) is 19.0 Å². The molecule has 2 aromatic heterocycles. The van der Waals surface area contributed by atoms with Crippen LogP contribution in [0.4, 0.5) is 5.82 Å². The summed E-state index contributed by atoms with van der Waals surface area (Å²) in [6, 6.07) is 0. The Balaban J connectivity index is 1.76. The molecule has 3 heterocycles. The molecule has 23 heavy (non-hydrogen) atoms. The van der Waals surface area contributed by atoms with Crippen LogP contribution in [0, 0.1) is 0 Å². The monoisotopic (exact) mass is 316 g/mol. The Hall–Kier alpha value is -2.02. The molecule has 7 nitrogen and oxygen atoms in total. The quantitative estimate of drug-likeness (QED) is 0.854. The van der Waals surface area contributed by atoms with Crippen molar-refractivity contribution >= 4 is 5.82 Å². The van der Waals surface area contributed by atoms with Gasteiger partial charge in [0.2, 0.25) is 11.8 Å². The van der Waals surface area contributed by atoms with Crippen molar-refractivity contribution in [3.8, 4) is 0 Å². The second-order valence-corrected chi connectivity index (χ2v) is 7.23. The van der Waals surface area contributed by atoms with Crippen LogP contribution in [-0.2, 0) is 24.9 Å². The van der Waals surface area contributed by atoms with Crippen molar-refractivity contribution in [3.05, 3.63) is 29.4 Å². The minimum absolute atomic E-state index is 0.119. The normalized spacial score (nSPS) is 15.5. The third-order valence-electron chi connectivity index (χ3n) is 3.95. The first-order valence-electron chi connectivity index (χ1n) is 7.90. The first kappa shape index (κ1) is 15.9. The molecule has 0 unspecified atom stereocenters. The Morgan fingerprint density at radius 2 is 2.00 bits per heavy atom. The van der Waals surface area contributed by atoms with Crippen LogP contribution >= 0.6 is 0 Å². The molecule has 0 aromatic carbocycles. The summed E-state index contributed by atoms with van der Waals surface area (Å²) < 4.78 is 5.81. The van der Waals surface area contributed by atoms with Crippen LogP contribution in [0.5, 0.6) is 0 Å². The molecule has 124 valence electrons. The summed E-state index contributed by atoms with van der Waals surface area (Å²) in [6.07, 6.45) is 2.57. The highest BCUT2D eigenvalue weighted by Crippen LogP contribution is 2.26. The maximum atomic E-state index is 5.81. The topological polar surface area (TPSA) is 71.2 Å². The number of nitrogens with zero attached hydrogens (tertiary/aromatic N) is 6. The van der Waals surface area contributed by atoms with Crippen LogP contribution in [0.25, 0.3) is 0 Å². The number of fused-ring (bicyclic) bond motifs is 1. The van der Waals surface area contributed by atoms with E-state index in [4.69, 9.17) is 4.42 Å². The number of aromatic nitrogens is 4. The van der Waals surface area contributed by atoms with Crippen molar-refractivity contribution in [1.29, 1.82) is 0 Å². The molecule has 7 heteroatoms. The zero-order valence-corrected chi connectivity index (χ0v) is 14.5. The highest BCUT2D eigenvalue weighted by atomic mass is 16.4. The van der Waals surface area contributed by atoms with Gasteiger partial charge in [-0.3, -0.25) is 4.90 Å². The summed E-state index contributed by atoms with van der Waals surface area (Å²) in [5.74, 6) is 2.34. The van der Waals surface area contributed by atoms with Crippen molar-refractivity contribution in [2.45, 2.75) is 45.7 Å². The summed E-state index contributed by atoms with van der Waals surface area (Å²) in [4.78, 5) is 13.2. The number of rotatable bonds is 3. The van der Waals surface area contributed by atoms with E-state index in [1.165, 1.54) is 5.56 Å². The van der Waals surface area contributed by atoms with E-state index in [1.54, 1.807) is 6.33 Å². The van der Waals surface area contributed by atoms with E-state index in [9.17, 15) is 0 Å². The third-order valence-corrected chi connectivity index (χ3v) is 3.95. The Bertz CT molecular complexity index is 688. The summed E-state index contributed by atoms with van der Waals surface area (Å²) in [7, 11) is 4.02. The van der Waals surface area contributed by atoms with E-state index in [0.29, 0.717) is 18.3 Å². The summed E-state index contributed by atoms with van der Waals surface area (Å²) in [5.41, 5.74) is 2.21. The zero-order chi connectivity index (χ0) is 16.6. The standard InChI is InChI=1S/C16H24N6O/c1-16(2,3)15-20-19-13(23-15)9-22-7-6-12-11(8-22)14(21(4)5)18-10-17-12/h10H,6-9H2,1-5H3. The predicted molar refractivity (Wildman–Crippen MR) is 87.2 cm³/mol. The Morgan fingerprint density at radius 3 is 2.65 bits per heavy atom. The lowest BCUT2D eigenvalue weighted by Gasteiger charge is -2.29. The maximum absolute atomic E-state index is 5.81. The molecule has 0 spiro atoms. The molecule has 0 fully saturated rings. The van der Waals surface area contributed by atoms with E-state index in [-0.39, 0.29) is 5.41 Å². The molecule has 0 N–H and O–H groups in total. The van der Waals surface area contributed by atoms with Crippen molar-refractivity contribution in [2.24, 2.45) is 0 Å². The second-order valence-electron chi connectivity index (χ2n) is 7.23. The molecule has 0 saturated carbocycles. The summed E-state index contributed by atoms with van der Waals surface area (Å²) >= 11 is 0. The Morgan fingerprint density at radius 1 is 1.22 bits per heavy atom. The Kier molecular flexibility index (Phi) is 4.06. The third kappa shape index (κ3) is 3.34. The van der Waals surface area contributed by atoms with Crippen LogP contribution in [-0.4, -0.2) is 45.7 Å². The first-order valence-corrected chi connectivity index (χ1v) is 7.90. The van der Waals surface area contributed by atoms with Gasteiger partial charge in [0.1, 0.15) is 12.1 Å². The van der Waals surface area contributed by atoms with Gasteiger partial charge in [0, 0.05) is 44.6 Å². The van der Waals surface area contributed by atoms with Crippen molar-refractivity contribution in [1.82, 2.24) is 25.1 Å². The SMILES string of the molecule is CN(C)c1ncnc2c1CN(Cc1nnc(C(C)(C)C)o1)CC2. The molecule has 0 aliphatic carbocycles. The van der Waals surface area contributed by atoms with E-state index in [0.717, 1.165) is 31.0 Å². The van der Waals surface area contributed by atoms with Gasteiger partial charge in [0.15, 0.2) is 0 Å².